The number of esters is 1. The Morgan fingerprint density at radius 3 is 2.41 bits per heavy atom. The van der Waals surface area contributed by atoms with Gasteiger partial charge in [-0.05, 0) is 50.7 Å². The fourth-order valence-corrected chi connectivity index (χ4v) is 3.31. The van der Waals surface area contributed by atoms with E-state index >= 15 is 0 Å². The van der Waals surface area contributed by atoms with Gasteiger partial charge in [-0.25, -0.2) is 4.79 Å². The van der Waals surface area contributed by atoms with E-state index in [4.69, 9.17) is 4.74 Å². The lowest BCUT2D eigenvalue weighted by molar-refractivity contribution is -0.154. The van der Waals surface area contributed by atoms with E-state index < -0.39 is 0 Å². The minimum Gasteiger partial charge on any atom is -0.455 e. The van der Waals surface area contributed by atoms with Crippen molar-refractivity contribution in [3.8, 4) is 0 Å². The standard InChI is InChI=1S/C20H27N3O4/c1-14(15-7-8-15)21-18(24)13-27-19(25)16-9-11-23(12-10-16)20(26)22-17-5-3-2-4-6-17/h2-6,14-16H,7-13H2,1H3,(H,21,24)(H,22,26)/t14-/m0/s1. The van der Waals surface area contributed by atoms with Crippen LogP contribution >= 0.6 is 0 Å². The van der Waals surface area contributed by atoms with Crippen LogP contribution in [0.1, 0.15) is 32.6 Å². The zero-order chi connectivity index (χ0) is 19.2. The number of carbonyl (C=O) groups excluding carboxylic acids is 3. The normalized spacial score (nSPS) is 18.5. The quantitative estimate of drug-likeness (QED) is 0.750. The third-order valence-corrected chi connectivity index (χ3v) is 5.20. The first-order valence-electron chi connectivity index (χ1n) is 9.60. The van der Waals surface area contributed by atoms with Gasteiger partial charge in [0, 0.05) is 24.8 Å². The molecular formula is C20H27N3O4. The number of para-hydroxylation sites is 1. The Bertz CT molecular complexity index is 667. The van der Waals surface area contributed by atoms with Gasteiger partial charge in [-0.3, -0.25) is 9.59 Å². The number of benzene rings is 1. The van der Waals surface area contributed by atoms with Crippen LogP contribution in [0.2, 0.25) is 0 Å². The number of piperidine rings is 1. The van der Waals surface area contributed by atoms with Gasteiger partial charge in [-0.1, -0.05) is 18.2 Å². The fourth-order valence-electron chi connectivity index (χ4n) is 3.31. The summed E-state index contributed by atoms with van der Waals surface area (Å²) in [6.07, 6.45) is 3.39. The summed E-state index contributed by atoms with van der Waals surface area (Å²) in [5.41, 5.74) is 0.746. The van der Waals surface area contributed by atoms with E-state index in [-0.39, 0.29) is 36.5 Å². The van der Waals surface area contributed by atoms with E-state index in [9.17, 15) is 14.4 Å². The minimum absolute atomic E-state index is 0.141. The molecule has 1 aliphatic carbocycles. The van der Waals surface area contributed by atoms with Gasteiger partial charge < -0.3 is 20.3 Å². The van der Waals surface area contributed by atoms with Gasteiger partial charge >= 0.3 is 12.0 Å². The summed E-state index contributed by atoms with van der Waals surface area (Å²) in [4.78, 5) is 38.0. The molecule has 1 aromatic rings. The third kappa shape index (κ3) is 5.70. The first-order valence-corrected chi connectivity index (χ1v) is 9.60. The van der Waals surface area contributed by atoms with Crippen molar-refractivity contribution in [3.63, 3.8) is 0 Å². The third-order valence-electron chi connectivity index (χ3n) is 5.20. The molecule has 2 fully saturated rings. The highest BCUT2D eigenvalue weighted by molar-refractivity contribution is 5.89. The molecule has 146 valence electrons. The molecule has 0 unspecified atom stereocenters. The summed E-state index contributed by atoms with van der Waals surface area (Å²) < 4.78 is 5.17. The van der Waals surface area contributed by atoms with Crippen molar-refractivity contribution < 1.29 is 19.1 Å². The number of nitrogens with one attached hydrogen (secondary N) is 2. The number of amides is 3. The molecule has 0 aromatic heterocycles. The maximum atomic E-state index is 12.3. The van der Waals surface area contributed by atoms with Crippen molar-refractivity contribution >= 4 is 23.6 Å². The van der Waals surface area contributed by atoms with Crippen LogP contribution in [0.25, 0.3) is 0 Å². The molecule has 1 saturated heterocycles. The highest BCUT2D eigenvalue weighted by atomic mass is 16.5. The second kappa shape index (κ2) is 8.88. The molecule has 1 atom stereocenters. The predicted octanol–water partition coefficient (Wildman–Crippen LogP) is 2.39. The van der Waals surface area contributed by atoms with Crippen LogP contribution in [0.3, 0.4) is 0 Å². The molecule has 2 N–H and O–H groups in total. The number of hydrogen-bond donors (Lipinski definition) is 2. The molecular weight excluding hydrogens is 346 g/mol. The highest BCUT2D eigenvalue weighted by Crippen LogP contribution is 2.32. The van der Waals surface area contributed by atoms with Crippen molar-refractivity contribution in [2.45, 2.75) is 38.6 Å². The van der Waals surface area contributed by atoms with Crippen molar-refractivity contribution in [1.29, 1.82) is 0 Å². The van der Waals surface area contributed by atoms with Crippen LogP contribution in [0, 0.1) is 11.8 Å². The molecule has 3 amide bonds. The van der Waals surface area contributed by atoms with Crippen molar-refractivity contribution in [2.75, 3.05) is 25.0 Å². The monoisotopic (exact) mass is 373 g/mol. The summed E-state index contributed by atoms with van der Waals surface area (Å²) in [5.74, 6) is -0.301. The van der Waals surface area contributed by atoms with Crippen LogP contribution in [0.15, 0.2) is 30.3 Å². The molecule has 1 heterocycles. The smallest absolute Gasteiger partial charge is 0.321 e. The Kier molecular flexibility index (Phi) is 6.32. The molecule has 1 saturated carbocycles. The molecule has 3 rings (SSSR count). The van der Waals surface area contributed by atoms with Gasteiger partial charge in [-0.15, -0.1) is 0 Å². The number of nitrogens with zero attached hydrogens (tertiary/aromatic N) is 1. The molecule has 27 heavy (non-hydrogen) atoms. The van der Waals surface area contributed by atoms with Gasteiger partial charge in [-0.2, -0.15) is 0 Å². The zero-order valence-corrected chi connectivity index (χ0v) is 15.6. The number of likely N-dealkylation sites (tertiary alicyclic amines) is 1. The van der Waals surface area contributed by atoms with Crippen LogP contribution < -0.4 is 10.6 Å². The van der Waals surface area contributed by atoms with Crippen molar-refractivity contribution in [3.05, 3.63) is 30.3 Å². The van der Waals surface area contributed by atoms with Crippen LogP contribution in [-0.2, 0) is 14.3 Å². The van der Waals surface area contributed by atoms with Gasteiger partial charge in [0.1, 0.15) is 0 Å². The molecule has 7 heteroatoms. The number of carbonyl (C=O) groups is 3. The molecule has 0 spiro atoms. The lowest BCUT2D eigenvalue weighted by Crippen LogP contribution is -2.43. The first-order chi connectivity index (χ1) is 13.0. The summed E-state index contributed by atoms with van der Waals surface area (Å²) in [5, 5.41) is 5.71. The van der Waals surface area contributed by atoms with Gasteiger partial charge in [0.05, 0.1) is 5.92 Å². The summed E-state index contributed by atoms with van der Waals surface area (Å²) in [7, 11) is 0. The van der Waals surface area contributed by atoms with Crippen molar-refractivity contribution in [1.82, 2.24) is 10.2 Å². The first kappa shape index (κ1) is 19.2. The maximum Gasteiger partial charge on any atom is 0.321 e. The van der Waals surface area contributed by atoms with E-state index in [0.29, 0.717) is 31.8 Å². The topological polar surface area (TPSA) is 87.7 Å². The Labute approximate surface area is 159 Å². The Morgan fingerprint density at radius 2 is 1.78 bits per heavy atom. The average Bonchev–Trinajstić information content (AvgIpc) is 3.52. The largest absolute Gasteiger partial charge is 0.455 e. The second-order valence-electron chi connectivity index (χ2n) is 7.36. The summed E-state index contributed by atoms with van der Waals surface area (Å²) >= 11 is 0. The Hall–Kier alpha value is -2.57. The van der Waals surface area contributed by atoms with Gasteiger partial charge in [0.25, 0.3) is 5.91 Å². The molecule has 0 radical (unpaired) electrons. The molecule has 0 bridgehead atoms. The summed E-state index contributed by atoms with van der Waals surface area (Å²) in [6.45, 7) is 2.73. The van der Waals surface area contributed by atoms with Gasteiger partial charge in [0.15, 0.2) is 6.61 Å². The fraction of sp³-hybridized carbons (Fsp3) is 0.550. The number of anilines is 1. The second-order valence-corrected chi connectivity index (χ2v) is 7.36. The number of ether oxygens (including phenoxy) is 1. The van der Waals surface area contributed by atoms with E-state index in [2.05, 4.69) is 10.6 Å². The highest BCUT2D eigenvalue weighted by Gasteiger charge is 2.30. The number of hydrogen-bond acceptors (Lipinski definition) is 4. The predicted molar refractivity (Wildman–Crippen MR) is 101 cm³/mol. The van der Waals surface area contributed by atoms with Crippen LogP contribution in [-0.4, -0.2) is 48.5 Å². The van der Waals surface area contributed by atoms with Crippen LogP contribution in [0.5, 0.6) is 0 Å². The number of rotatable bonds is 6. The van der Waals surface area contributed by atoms with Gasteiger partial charge in [0.2, 0.25) is 0 Å². The lowest BCUT2D eigenvalue weighted by Gasteiger charge is -2.30. The number of urea groups is 1. The van der Waals surface area contributed by atoms with E-state index in [1.807, 2.05) is 37.3 Å². The minimum atomic E-state index is -0.354. The van der Waals surface area contributed by atoms with Crippen LogP contribution in [0.4, 0.5) is 10.5 Å². The zero-order valence-electron chi connectivity index (χ0n) is 15.6. The lowest BCUT2D eigenvalue weighted by atomic mass is 9.97. The molecule has 1 aromatic carbocycles. The average molecular weight is 373 g/mol. The van der Waals surface area contributed by atoms with Crippen molar-refractivity contribution in [2.24, 2.45) is 11.8 Å². The SMILES string of the molecule is C[C@H](NC(=O)COC(=O)C1CCN(C(=O)Nc2ccccc2)CC1)C1CC1. The Balaban J connectivity index is 1.36. The molecule has 7 nitrogen and oxygen atoms in total. The maximum absolute atomic E-state index is 12.3. The van der Waals surface area contributed by atoms with E-state index in [1.165, 1.54) is 0 Å². The van der Waals surface area contributed by atoms with E-state index in [1.54, 1.807) is 4.90 Å². The Morgan fingerprint density at radius 1 is 1.11 bits per heavy atom. The van der Waals surface area contributed by atoms with E-state index in [0.717, 1.165) is 18.5 Å². The molecule has 1 aliphatic heterocycles. The summed E-state index contributed by atoms with van der Waals surface area (Å²) in [6, 6.07) is 9.25. The molecule has 2 aliphatic rings.